The molecule has 0 bridgehead atoms. The first-order valence-electron chi connectivity index (χ1n) is 13.2. The molecule has 1 aliphatic rings. The Balaban J connectivity index is 1.50. The molecule has 0 fully saturated rings. The summed E-state index contributed by atoms with van der Waals surface area (Å²) in [6.07, 6.45) is 1.12. The number of carbonyl (C=O) groups excluding carboxylic acids is 3. The Morgan fingerprint density at radius 1 is 0.897 bits per heavy atom. The van der Waals surface area contributed by atoms with E-state index >= 15 is 0 Å². The van der Waals surface area contributed by atoms with E-state index < -0.39 is 6.04 Å². The molecule has 1 N–H and O–H groups in total. The van der Waals surface area contributed by atoms with Gasteiger partial charge in [0.15, 0.2) is 0 Å². The van der Waals surface area contributed by atoms with Crippen molar-refractivity contribution in [2.75, 3.05) is 18.0 Å². The standard InChI is InChI=1S/C32H30ClN3O3/c1-2-18-34-31(38)28(19-22-8-4-3-5-9-22)35(20-23-14-16-25(33)17-15-23)29(37)21-36-27-13-7-11-24-10-6-12-26(30(24)27)32(36)39/h3-17,28H,2,18-21H2,1H3,(H,34,38). The van der Waals surface area contributed by atoms with Crippen molar-refractivity contribution in [1.29, 1.82) is 0 Å². The third-order valence-electron chi connectivity index (χ3n) is 7.03. The van der Waals surface area contributed by atoms with Gasteiger partial charge in [0.1, 0.15) is 12.6 Å². The van der Waals surface area contributed by atoms with Crippen LogP contribution in [0.15, 0.2) is 91.0 Å². The van der Waals surface area contributed by atoms with Gasteiger partial charge in [-0.3, -0.25) is 19.3 Å². The first-order valence-corrected chi connectivity index (χ1v) is 13.5. The van der Waals surface area contributed by atoms with E-state index in [0.29, 0.717) is 29.2 Å². The van der Waals surface area contributed by atoms with Crippen LogP contribution in [0.25, 0.3) is 10.8 Å². The fourth-order valence-corrected chi connectivity index (χ4v) is 5.19. The minimum absolute atomic E-state index is 0.174. The molecular weight excluding hydrogens is 510 g/mol. The van der Waals surface area contributed by atoms with E-state index in [9.17, 15) is 14.4 Å². The molecule has 1 unspecified atom stereocenters. The second-order valence-electron chi connectivity index (χ2n) is 9.72. The van der Waals surface area contributed by atoms with E-state index in [1.807, 2.05) is 79.7 Å². The number of hydrogen-bond donors (Lipinski definition) is 1. The zero-order valence-electron chi connectivity index (χ0n) is 21.8. The van der Waals surface area contributed by atoms with Crippen LogP contribution in [0.5, 0.6) is 0 Å². The third kappa shape index (κ3) is 5.66. The highest BCUT2D eigenvalue weighted by Crippen LogP contribution is 2.37. The Morgan fingerprint density at radius 2 is 1.62 bits per heavy atom. The van der Waals surface area contributed by atoms with Gasteiger partial charge in [-0.15, -0.1) is 0 Å². The molecule has 0 saturated carbocycles. The summed E-state index contributed by atoms with van der Waals surface area (Å²) in [5, 5.41) is 5.37. The maximum Gasteiger partial charge on any atom is 0.259 e. The van der Waals surface area contributed by atoms with Crippen LogP contribution < -0.4 is 10.2 Å². The molecular formula is C32H30ClN3O3. The van der Waals surface area contributed by atoms with Crippen LogP contribution in [-0.4, -0.2) is 41.8 Å². The summed E-state index contributed by atoms with van der Waals surface area (Å²) in [5.41, 5.74) is 3.08. The van der Waals surface area contributed by atoms with Crippen molar-refractivity contribution in [1.82, 2.24) is 10.2 Å². The summed E-state index contributed by atoms with van der Waals surface area (Å²) >= 11 is 6.11. The summed E-state index contributed by atoms with van der Waals surface area (Å²) in [6, 6.07) is 27.4. The number of nitrogens with zero attached hydrogens (tertiary/aromatic N) is 2. The average Bonchev–Trinajstić information content (AvgIpc) is 3.23. The monoisotopic (exact) mass is 539 g/mol. The van der Waals surface area contributed by atoms with Gasteiger partial charge >= 0.3 is 0 Å². The molecule has 0 radical (unpaired) electrons. The second-order valence-corrected chi connectivity index (χ2v) is 10.2. The van der Waals surface area contributed by atoms with E-state index in [1.54, 1.807) is 23.1 Å². The minimum Gasteiger partial charge on any atom is -0.354 e. The summed E-state index contributed by atoms with van der Waals surface area (Å²) < 4.78 is 0. The molecule has 0 spiro atoms. The van der Waals surface area contributed by atoms with Gasteiger partial charge < -0.3 is 10.2 Å². The van der Waals surface area contributed by atoms with E-state index in [2.05, 4.69) is 5.32 Å². The molecule has 1 aliphatic heterocycles. The maximum atomic E-state index is 14.1. The highest BCUT2D eigenvalue weighted by Gasteiger charge is 2.35. The van der Waals surface area contributed by atoms with Crippen molar-refractivity contribution in [3.63, 3.8) is 0 Å². The van der Waals surface area contributed by atoms with Crippen molar-refractivity contribution in [2.24, 2.45) is 0 Å². The van der Waals surface area contributed by atoms with Gasteiger partial charge in [0.05, 0.1) is 5.69 Å². The van der Waals surface area contributed by atoms with Crippen LogP contribution >= 0.6 is 11.6 Å². The molecule has 3 amide bonds. The first kappa shape index (κ1) is 26.4. The predicted molar refractivity (Wildman–Crippen MR) is 155 cm³/mol. The fraction of sp³-hybridized carbons (Fsp3) is 0.219. The predicted octanol–water partition coefficient (Wildman–Crippen LogP) is 5.62. The number of carbonyl (C=O) groups is 3. The molecule has 1 heterocycles. The molecule has 1 atom stereocenters. The Labute approximate surface area is 233 Å². The first-order chi connectivity index (χ1) is 19.0. The lowest BCUT2D eigenvalue weighted by molar-refractivity contribution is -0.140. The number of halogens is 1. The molecule has 7 heteroatoms. The Morgan fingerprint density at radius 3 is 2.33 bits per heavy atom. The van der Waals surface area contributed by atoms with Gasteiger partial charge in [-0.2, -0.15) is 0 Å². The molecule has 0 saturated heterocycles. The lowest BCUT2D eigenvalue weighted by Gasteiger charge is -2.33. The van der Waals surface area contributed by atoms with E-state index in [0.717, 1.165) is 28.3 Å². The largest absolute Gasteiger partial charge is 0.354 e. The van der Waals surface area contributed by atoms with E-state index in [1.165, 1.54) is 4.90 Å². The second kappa shape index (κ2) is 11.7. The van der Waals surface area contributed by atoms with Gasteiger partial charge in [-0.1, -0.05) is 85.3 Å². The van der Waals surface area contributed by atoms with Crippen LogP contribution in [0.2, 0.25) is 5.02 Å². The van der Waals surface area contributed by atoms with Crippen LogP contribution in [0, 0.1) is 0 Å². The van der Waals surface area contributed by atoms with Gasteiger partial charge in [-0.05, 0) is 47.2 Å². The van der Waals surface area contributed by atoms with Crippen molar-refractivity contribution in [2.45, 2.75) is 32.4 Å². The molecule has 4 aromatic rings. The number of rotatable bonds is 10. The van der Waals surface area contributed by atoms with Crippen LogP contribution in [0.4, 0.5) is 5.69 Å². The molecule has 39 heavy (non-hydrogen) atoms. The van der Waals surface area contributed by atoms with Crippen molar-refractivity contribution in [3.8, 4) is 0 Å². The molecule has 0 aromatic heterocycles. The maximum absolute atomic E-state index is 14.1. The van der Waals surface area contributed by atoms with Gasteiger partial charge in [0, 0.05) is 35.5 Å². The Bertz CT molecular complexity index is 1500. The van der Waals surface area contributed by atoms with Crippen molar-refractivity contribution < 1.29 is 14.4 Å². The van der Waals surface area contributed by atoms with Crippen LogP contribution in [0.3, 0.4) is 0 Å². The van der Waals surface area contributed by atoms with Gasteiger partial charge in [-0.25, -0.2) is 0 Å². The third-order valence-corrected chi connectivity index (χ3v) is 7.28. The highest BCUT2D eigenvalue weighted by molar-refractivity contribution is 6.30. The lowest BCUT2D eigenvalue weighted by Crippen LogP contribution is -2.53. The van der Waals surface area contributed by atoms with Crippen LogP contribution in [-0.2, 0) is 22.6 Å². The quantitative estimate of drug-likeness (QED) is 0.284. The average molecular weight is 540 g/mol. The van der Waals surface area contributed by atoms with Gasteiger partial charge in [0.2, 0.25) is 11.8 Å². The number of amides is 3. The topological polar surface area (TPSA) is 69.7 Å². The SMILES string of the molecule is CCCNC(=O)C(Cc1ccccc1)N(Cc1ccc(Cl)cc1)C(=O)CN1C(=O)c2cccc3cccc1c23. The van der Waals surface area contributed by atoms with E-state index in [-0.39, 0.29) is 30.8 Å². The number of nitrogens with one attached hydrogen (secondary N) is 1. The number of anilines is 1. The molecule has 198 valence electrons. The molecule has 0 aliphatic carbocycles. The normalized spacial score (nSPS) is 13.0. The minimum atomic E-state index is -0.766. The smallest absolute Gasteiger partial charge is 0.259 e. The van der Waals surface area contributed by atoms with E-state index in [4.69, 9.17) is 11.6 Å². The van der Waals surface area contributed by atoms with Crippen LogP contribution in [0.1, 0.15) is 34.8 Å². The molecule has 4 aromatic carbocycles. The fourth-order valence-electron chi connectivity index (χ4n) is 5.07. The zero-order chi connectivity index (χ0) is 27.4. The number of benzene rings is 4. The van der Waals surface area contributed by atoms with Crippen molar-refractivity contribution >= 4 is 45.8 Å². The molecule has 5 rings (SSSR count). The number of hydrogen-bond acceptors (Lipinski definition) is 3. The highest BCUT2D eigenvalue weighted by atomic mass is 35.5. The van der Waals surface area contributed by atoms with Crippen molar-refractivity contribution in [3.05, 3.63) is 113 Å². The lowest BCUT2D eigenvalue weighted by atomic mass is 10.0. The molecule has 6 nitrogen and oxygen atoms in total. The summed E-state index contributed by atoms with van der Waals surface area (Å²) in [7, 11) is 0. The van der Waals surface area contributed by atoms with Gasteiger partial charge in [0.25, 0.3) is 5.91 Å². The summed E-state index contributed by atoms with van der Waals surface area (Å²) in [5.74, 6) is -0.742. The Kier molecular flexibility index (Phi) is 7.94. The zero-order valence-corrected chi connectivity index (χ0v) is 22.5. The summed E-state index contributed by atoms with van der Waals surface area (Å²) in [4.78, 5) is 44.2. The summed E-state index contributed by atoms with van der Waals surface area (Å²) in [6.45, 7) is 2.52. The Hall–Kier alpha value is -4.16.